The van der Waals surface area contributed by atoms with Gasteiger partial charge in [0.1, 0.15) is 6.10 Å². The third kappa shape index (κ3) is 2.79. The lowest BCUT2D eigenvalue weighted by Gasteiger charge is -2.11. The molecule has 0 aromatic rings. The maximum absolute atomic E-state index is 10.9. The molecule has 0 bridgehead atoms. The van der Waals surface area contributed by atoms with Gasteiger partial charge in [-0.25, -0.2) is 0 Å². The van der Waals surface area contributed by atoms with Gasteiger partial charge in [0, 0.05) is 13.2 Å². The summed E-state index contributed by atoms with van der Waals surface area (Å²) in [6.07, 6.45) is 1.29. The Morgan fingerprint density at radius 3 is 3.08 bits per heavy atom. The van der Waals surface area contributed by atoms with Crippen LogP contribution in [-0.4, -0.2) is 36.4 Å². The van der Waals surface area contributed by atoms with Gasteiger partial charge in [0.25, 0.3) is 0 Å². The average Bonchev–Trinajstić information content (AvgIpc) is 2.51. The monoisotopic (exact) mass is 173 g/mol. The fraction of sp³-hybridized carbons (Fsp3) is 0.875. The van der Waals surface area contributed by atoms with Crippen molar-refractivity contribution < 1.29 is 14.6 Å². The standard InChI is InChI=1S/C8H15NO3/c1-6(10)8(11)9-5-7-3-2-4-12-7/h6-7,10H,2-5H2,1H3,(H,9,11). The molecule has 0 aliphatic carbocycles. The van der Waals surface area contributed by atoms with Crippen LogP contribution in [0.5, 0.6) is 0 Å². The summed E-state index contributed by atoms with van der Waals surface area (Å²) in [7, 11) is 0. The highest BCUT2D eigenvalue weighted by Gasteiger charge is 2.17. The Morgan fingerprint density at radius 1 is 1.83 bits per heavy atom. The van der Waals surface area contributed by atoms with Crippen molar-refractivity contribution in [1.82, 2.24) is 5.32 Å². The van der Waals surface area contributed by atoms with Crippen molar-refractivity contribution in [1.29, 1.82) is 0 Å². The number of amides is 1. The molecule has 2 unspecified atom stereocenters. The van der Waals surface area contributed by atoms with Gasteiger partial charge in [-0.3, -0.25) is 4.79 Å². The van der Waals surface area contributed by atoms with Gasteiger partial charge in [0.2, 0.25) is 5.91 Å². The molecular weight excluding hydrogens is 158 g/mol. The molecule has 12 heavy (non-hydrogen) atoms. The lowest BCUT2D eigenvalue weighted by molar-refractivity contribution is -0.128. The zero-order chi connectivity index (χ0) is 8.97. The molecule has 4 heteroatoms. The number of carbonyl (C=O) groups is 1. The lowest BCUT2D eigenvalue weighted by atomic mass is 10.2. The number of aliphatic hydroxyl groups is 1. The van der Waals surface area contributed by atoms with Gasteiger partial charge in [-0.2, -0.15) is 0 Å². The molecule has 1 rings (SSSR count). The molecule has 0 spiro atoms. The second-order valence-corrected chi connectivity index (χ2v) is 3.06. The predicted molar refractivity (Wildman–Crippen MR) is 43.7 cm³/mol. The van der Waals surface area contributed by atoms with Gasteiger partial charge >= 0.3 is 0 Å². The van der Waals surface area contributed by atoms with Crippen LogP contribution in [0.4, 0.5) is 0 Å². The van der Waals surface area contributed by atoms with Crippen molar-refractivity contribution in [2.45, 2.75) is 32.0 Å². The summed E-state index contributed by atoms with van der Waals surface area (Å²) in [5, 5.41) is 11.5. The molecular formula is C8H15NO3. The van der Waals surface area contributed by atoms with Crippen LogP contribution in [0.1, 0.15) is 19.8 Å². The summed E-state index contributed by atoms with van der Waals surface area (Å²) >= 11 is 0. The summed E-state index contributed by atoms with van der Waals surface area (Å²) in [4.78, 5) is 10.9. The quantitative estimate of drug-likeness (QED) is 0.614. The highest BCUT2D eigenvalue weighted by atomic mass is 16.5. The molecule has 1 aliphatic rings. The van der Waals surface area contributed by atoms with E-state index in [-0.39, 0.29) is 12.0 Å². The normalized spacial score (nSPS) is 25.3. The molecule has 2 atom stereocenters. The number of nitrogens with one attached hydrogen (secondary N) is 1. The molecule has 1 heterocycles. The Hall–Kier alpha value is -0.610. The topological polar surface area (TPSA) is 58.6 Å². The molecule has 0 radical (unpaired) electrons. The molecule has 2 N–H and O–H groups in total. The second kappa shape index (κ2) is 4.42. The van der Waals surface area contributed by atoms with Gasteiger partial charge in [-0.05, 0) is 19.8 Å². The van der Waals surface area contributed by atoms with Crippen molar-refractivity contribution in [3.63, 3.8) is 0 Å². The fourth-order valence-electron chi connectivity index (χ4n) is 1.17. The van der Waals surface area contributed by atoms with Gasteiger partial charge in [-0.15, -0.1) is 0 Å². The molecule has 0 aromatic heterocycles. The Labute approximate surface area is 71.9 Å². The van der Waals surface area contributed by atoms with Crippen LogP contribution < -0.4 is 5.32 Å². The van der Waals surface area contributed by atoms with E-state index >= 15 is 0 Å². The summed E-state index contributed by atoms with van der Waals surface area (Å²) < 4.78 is 5.29. The van der Waals surface area contributed by atoms with Crippen LogP contribution in [0.25, 0.3) is 0 Å². The summed E-state index contributed by atoms with van der Waals surface area (Å²) in [6.45, 7) is 2.75. The number of ether oxygens (including phenoxy) is 1. The first-order valence-electron chi connectivity index (χ1n) is 4.27. The first kappa shape index (κ1) is 9.48. The number of hydrogen-bond acceptors (Lipinski definition) is 3. The van der Waals surface area contributed by atoms with E-state index in [9.17, 15) is 4.79 Å². The van der Waals surface area contributed by atoms with Crippen molar-refractivity contribution in [3.05, 3.63) is 0 Å². The number of hydrogen-bond donors (Lipinski definition) is 2. The van der Waals surface area contributed by atoms with Crippen molar-refractivity contribution >= 4 is 5.91 Å². The molecule has 1 aliphatic heterocycles. The van der Waals surface area contributed by atoms with Crippen LogP contribution in [0.3, 0.4) is 0 Å². The predicted octanol–water partition coefficient (Wildman–Crippen LogP) is -0.338. The highest BCUT2D eigenvalue weighted by Crippen LogP contribution is 2.10. The number of carbonyl (C=O) groups excluding carboxylic acids is 1. The first-order valence-corrected chi connectivity index (χ1v) is 4.27. The van der Waals surface area contributed by atoms with Gasteiger partial charge < -0.3 is 15.2 Å². The van der Waals surface area contributed by atoms with Crippen LogP contribution in [0.15, 0.2) is 0 Å². The maximum atomic E-state index is 10.9. The van der Waals surface area contributed by atoms with Crippen LogP contribution in [0.2, 0.25) is 0 Å². The SMILES string of the molecule is CC(O)C(=O)NCC1CCCO1. The van der Waals surface area contributed by atoms with Crippen molar-refractivity contribution in [3.8, 4) is 0 Å². The van der Waals surface area contributed by atoms with E-state index in [4.69, 9.17) is 9.84 Å². The van der Waals surface area contributed by atoms with Crippen molar-refractivity contribution in [2.75, 3.05) is 13.2 Å². The van der Waals surface area contributed by atoms with E-state index in [1.54, 1.807) is 0 Å². The third-order valence-electron chi connectivity index (χ3n) is 1.91. The van der Waals surface area contributed by atoms with E-state index in [0.717, 1.165) is 19.4 Å². The van der Waals surface area contributed by atoms with Gasteiger partial charge in [-0.1, -0.05) is 0 Å². The van der Waals surface area contributed by atoms with Crippen molar-refractivity contribution in [2.24, 2.45) is 0 Å². The first-order chi connectivity index (χ1) is 5.70. The largest absolute Gasteiger partial charge is 0.384 e. The molecule has 70 valence electrons. The molecule has 4 nitrogen and oxygen atoms in total. The average molecular weight is 173 g/mol. The van der Waals surface area contributed by atoms with Gasteiger partial charge in [0.15, 0.2) is 0 Å². The van der Waals surface area contributed by atoms with Crippen LogP contribution in [0, 0.1) is 0 Å². The Bertz CT molecular complexity index is 152. The number of aliphatic hydroxyl groups excluding tert-OH is 1. The number of rotatable bonds is 3. The summed E-state index contributed by atoms with van der Waals surface area (Å²) in [5.74, 6) is -0.328. The van der Waals surface area contributed by atoms with E-state index in [0.29, 0.717) is 6.54 Å². The highest BCUT2D eigenvalue weighted by molar-refractivity contribution is 5.79. The fourth-order valence-corrected chi connectivity index (χ4v) is 1.17. The molecule has 1 fully saturated rings. The lowest BCUT2D eigenvalue weighted by Crippen LogP contribution is -2.37. The minimum atomic E-state index is -0.925. The van der Waals surface area contributed by atoms with E-state index in [1.807, 2.05) is 0 Å². The third-order valence-corrected chi connectivity index (χ3v) is 1.91. The van der Waals surface area contributed by atoms with E-state index in [2.05, 4.69) is 5.32 Å². The minimum absolute atomic E-state index is 0.146. The zero-order valence-electron chi connectivity index (χ0n) is 7.25. The summed E-state index contributed by atoms with van der Waals surface area (Å²) in [6, 6.07) is 0. The minimum Gasteiger partial charge on any atom is -0.384 e. The molecule has 0 aromatic carbocycles. The van der Waals surface area contributed by atoms with Crippen LogP contribution >= 0.6 is 0 Å². The molecule has 0 saturated carbocycles. The summed E-state index contributed by atoms with van der Waals surface area (Å²) in [5.41, 5.74) is 0. The van der Waals surface area contributed by atoms with Crippen LogP contribution in [-0.2, 0) is 9.53 Å². The zero-order valence-corrected chi connectivity index (χ0v) is 7.25. The van der Waals surface area contributed by atoms with E-state index < -0.39 is 6.10 Å². The maximum Gasteiger partial charge on any atom is 0.248 e. The smallest absolute Gasteiger partial charge is 0.248 e. The van der Waals surface area contributed by atoms with E-state index in [1.165, 1.54) is 6.92 Å². The Morgan fingerprint density at radius 2 is 2.58 bits per heavy atom. The second-order valence-electron chi connectivity index (χ2n) is 3.06. The van der Waals surface area contributed by atoms with Gasteiger partial charge in [0.05, 0.1) is 6.10 Å². The molecule has 1 amide bonds. The molecule has 1 saturated heterocycles. The Kier molecular flexibility index (Phi) is 3.49. The Balaban J connectivity index is 2.12.